The Labute approximate surface area is 201 Å². The van der Waals surface area contributed by atoms with Gasteiger partial charge in [0.1, 0.15) is 11.6 Å². The summed E-state index contributed by atoms with van der Waals surface area (Å²) >= 11 is 0. The van der Waals surface area contributed by atoms with Crippen LogP contribution in [0.15, 0.2) is 54.6 Å². The van der Waals surface area contributed by atoms with E-state index in [-0.39, 0.29) is 12.3 Å². The number of carbonyl (C=O) groups is 1. The molecule has 1 aromatic heterocycles. The van der Waals surface area contributed by atoms with Gasteiger partial charge in [0.15, 0.2) is 0 Å². The fourth-order valence-corrected chi connectivity index (χ4v) is 3.83. The average molecular weight is 486 g/mol. The third-order valence-electron chi connectivity index (χ3n) is 5.76. The van der Waals surface area contributed by atoms with Crippen molar-refractivity contribution in [1.29, 1.82) is 0 Å². The Morgan fingerprint density at radius 1 is 1.00 bits per heavy atom. The van der Waals surface area contributed by atoms with Crippen molar-refractivity contribution < 1.29 is 22.7 Å². The predicted octanol–water partition coefficient (Wildman–Crippen LogP) is 4.45. The molecule has 1 N–H and O–H groups in total. The highest BCUT2D eigenvalue weighted by Gasteiger charge is 2.30. The lowest BCUT2D eigenvalue weighted by molar-refractivity contribution is -0.137. The van der Waals surface area contributed by atoms with E-state index in [1.807, 2.05) is 42.2 Å². The molecule has 1 amide bonds. The molecule has 0 saturated carbocycles. The van der Waals surface area contributed by atoms with Gasteiger partial charge >= 0.3 is 6.18 Å². The molecule has 0 atom stereocenters. The lowest BCUT2D eigenvalue weighted by atomic mass is 10.1. The first-order valence-electron chi connectivity index (χ1n) is 11.2. The van der Waals surface area contributed by atoms with Crippen LogP contribution in [0, 0.1) is 6.92 Å². The molecule has 3 aromatic rings. The number of halogens is 3. The van der Waals surface area contributed by atoms with Gasteiger partial charge in [-0.2, -0.15) is 18.2 Å². The van der Waals surface area contributed by atoms with Crippen molar-refractivity contribution in [2.45, 2.75) is 19.5 Å². The Hall–Kier alpha value is -3.82. The summed E-state index contributed by atoms with van der Waals surface area (Å²) in [6.07, 6.45) is -4.32. The van der Waals surface area contributed by atoms with Gasteiger partial charge in [-0.25, -0.2) is 4.98 Å². The summed E-state index contributed by atoms with van der Waals surface area (Å²) in [5.74, 6) is 1.90. The maximum Gasteiger partial charge on any atom is 0.416 e. The van der Waals surface area contributed by atoms with Crippen LogP contribution in [0.1, 0.15) is 16.8 Å². The standard InChI is InChI=1S/C25H26F3N5O2/c1-17-15-22(30-20-7-9-21(35-2)10-8-20)31-24(29-17)33-13-11-32(12-14-33)23(34)16-18-3-5-19(6-4-18)25(26,27)28/h3-10,15H,11-14,16H2,1-2H3,(H,29,30,31). The van der Waals surface area contributed by atoms with E-state index >= 15 is 0 Å². The number of hydrogen-bond acceptors (Lipinski definition) is 6. The zero-order valence-electron chi connectivity index (χ0n) is 19.5. The minimum Gasteiger partial charge on any atom is -0.497 e. The van der Waals surface area contributed by atoms with Gasteiger partial charge in [0, 0.05) is 43.6 Å². The van der Waals surface area contributed by atoms with Gasteiger partial charge in [-0.05, 0) is 48.9 Å². The van der Waals surface area contributed by atoms with E-state index in [1.54, 1.807) is 12.0 Å². The number of anilines is 3. The van der Waals surface area contributed by atoms with Crippen molar-refractivity contribution in [3.8, 4) is 5.75 Å². The van der Waals surface area contributed by atoms with Gasteiger partial charge in [0.25, 0.3) is 0 Å². The number of ether oxygens (including phenoxy) is 1. The van der Waals surface area contributed by atoms with Crippen LogP contribution >= 0.6 is 0 Å². The van der Waals surface area contributed by atoms with E-state index in [1.165, 1.54) is 12.1 Å². The zero-order chi connectivity index (χ0) is 25.0. The van der Waals surface area contributed by atoms with Crippen LogP contribution < -0.4 is 15.0 Å². The quantitative estimate of drug-likeness (QED) is 0.557. The summed E-state index contributed by atoms with van der Waals surface area (Å²) in [6, 6.07) is 14.1. The first-order valence-corrected chi connectivity index (χ1v) is 11.2. The van der Waals surface area contributed by atoms with E-state index < -0.39 is 11.7 Å². The molecule has 1 aliphatic heterocycles. The van der Waals surface area contributed by atoms with Crippen LogP contribution in [0.5, 0.6) is 5.75 Å². The fraction of sp³-hybridized carbons (Fsp3) is 0.320. The van der Waals surface area contributed by atoms with E-state index in [4.69, 9.17) is 4.74 Å². The topological polar surface area (TPSA) is 70.6 Å². The van der Waals surface area contributed by atoms with Crippen molar-refractivity contribution >= 4 is 23.4 Å². The van der Waals surface area contributed by atoms with E-state index in [2.05, 4.69) is 15.3 Å². The third-order valence-corrected chi connectivity index (χ3v) is 5.76. The van der Waals surface area contributed by atoms with Gasteiger partial charge in [-0.15, -0.1) is 0 Å². The van der Waals surface area contributed by atoms with Crippen molar-refractivity contribution in [3.05, 3.63) is 71.4 Å². The second-order valence-corrected chi connectivity index (χ2v) is 8.29. The smallest absolute Gasteiger partial charge is 0.416 e. The Morgan fingerprint density at radius 2 is 1.66 bits per heavy atom. The van der Waals surface area contributed by atoms with Crippen molar-refractivity contribution in [2.75, 3.05) is 43.5 Å². The number of rotatable bonds is 6. The van der Waals surface area contributed by atoms with Gasteiger partial charge in [-0.1, -0.05) is 12.1 Å². The fourth-order valence-electron chi connectivity index (χ4n) is 3.83. The third kappa shape index (κ3) is 6.20. The van der Waals surface area contributed by atoms with E-state index in [0.29, 0.717) is 43.5 Å². The molecule has 1 fully saturated rings. The van der Waals surface area contributed by atoms with Gasteiger partial charge < -0.3 is 19.9 Å². The number of alkyl halides is 3. The highest BCUT2D eigenvalue weighted by atomic mass is 19.4. The lowest BCUT2D eigenvalue weighted by Crippen LogP contribution is -2.49. The molecular weight excluding hydrogens is 459 g/mol. The number of amides is 1. The summed E-state index contributed by atoms with van der Waals surface area (Å²) in [7, 11) is 1.62. The molecular formula is C25H26F3N5O2. The molecule has 0 unspecified atom stereocenters. The number of nitrogens with one attached hydrogen (secondary N) is 1. The Morgan fingerprint density at radius 3 is 2.26 bits per heavy atom. The molecule has 0 radical (unpaired) electrons. The van der Waals surface area contributed by atoms with Gasteiger partial charge in [0.05, 0.1) is 19.1 Å². The molecule has 0 bridgehead atoms. The number of methoxy groups -OCH3 is 1. The van der Waals surface area contributed by atoms with Gasteiger partial charge in [-0.3, -0.25) is 4.79 Å². The maximum atomic E-state index is 12.7. The summed E-state index contributed by atoms with van der Waals surface area (Å²) in [4.78, 5) is 25.6. The Kier molecular flexibility index (Phi) is 7.09. The summed E-state index contributed by atoms with van der Waals surface area (Å²) < 4.78 is 43.4. The summed E-state index contributed by atoms with van der Waals surface area (Å²) in [5, 5.41) is 3.27. The number of piperazine rings is 1. The number of benzene rings is 2. The summed E-state index contributed by atoms with van der Waals surface area (Å²) in [6.45, 7) is 3.98. The van der Waals surface area contributed by atoms with Crippen LogP contribution in [0.4, 0.5) is 30.6 Å². The number of aromatic nitrogens is 2. The predicted molar refractivity (Wildman–Crippen MR) is 127 cm³/mol. The zero-order valence-corrected chi connectivity index (χ0v) is 19.5. The first kappa shape index (κ1) is 24.3. The van der Waals surface area contributed by atoms with Crippen LogP contribution in [-0.2, 0) is 17.4 Å². The molecule has 35 heavy (non-hydrogen) atoms. The second-order valence-electron chi connectivity index (χ2n) is 8.29. The monoisotopic (exact) mass is 485 g/mol. The minimum absolute atomic E-state index is 0.0645. The van der Waals surface area contributed by atoms with Crippen LogP contribution in [0.2, 0.25) is 0 Å². The minimum atomic E-state index is -4.39. The molecule has 2 aromatic carbocycles. The molecule has 4 rings (SSSR count). The van der Waals surface area contributed by atoms with Crippen LogP contribution in [-0.4, -0.2) is 54.1 Å². The highest BCUT2D eigenvalue weighted by Crippen LogP contribution is 2.29. The van der Waals surface area contributed by atoms with Crippen LogP contribution in [0.25, 0.3) is 0 Å². The molecule has 7 nitrogen and oxygen atoms in total. The maximum absolute atomic E-state index is 12.7. The van der Waals surface area contributed by atoms with E-state index in [9.17, 15) is 18.0 Å². The largest absolute Gasteiger partial charge is 0.497 e. The Balaban J connectivity index is 1.35. The van der Waals surface area contributed by atoms with Crippen molar-refractivity contribution in [2.24, 2.45) is 0 Å². The highest BCUT2D eigenvalue weighted by molar-refractivity contribution is 5.79. The number of carbonyl (C=O) groups excluding carboxylic acids is 1. The molecule has 1 saturated heterocycles. The first-order chi connectivity index (χ1) is 16.7. The molecule has 10 heteroatoms. The van der Waals surface area contributed by atoms with Crippen molar-refractivity contribution in [3.63, 3.8) is 0 Å². The summed E-state index contributed by atoms with van der Waals surface area (Å²) in [5.41, 5.74) is 1.52. The normalized spacial score (nSPS) is 14.1. The number of aryl methyl sites for hydroxylation is 1. The molecule has 0 aliphatic carbocycles. The van der Waals surface area contributed by atoms with E-state index in [0.717, 1.165) is 29.3 Å². The molecule has 2 heterocycles. The van der Waals surface area contributed by atoms with Gasteiger partial charge in [0.2, 0.25) is 11.9 Å². The molecule has 184 valence electrons. The molecule has 1 aliphatic rings. The molecule has 0 spiro atoms. The number of nitrogens with zero attached hydrogens (tertiary/aromatic N) is 4. The number of hydrogen-bond donors (Lipinski definition) is 1. The van der Waals surface area contributed by atoms with Crippen LogP contribution in [0.3, 0.4) is 0 Å². The SMILES string of the molecule is COc1ccc(Nc2cc(C)nc(N3CCN(C(=O)Cc4ccc(C(F)(F)F)cc4)CC3)n2)cc1. The van der Waals surface area contributed by atoms with Crippen molar-refractivity contribution in [1.82, 2.24) is 14.9 Å². The average Bonchev–Trinajstić information content (AvgIpc) is 2.84. The Bertz CT molecular complexity index is 1160. The second kappa shape index (κ2) is 10.2. The lowest BCUT2D eigenvalue weighted by Gasteiger charge is -2.35.